The number of benzene rings is 3. The molecule has 1 atom stereocenters. The lowest BCUT2D eigenvalue weighted by Crippen LogP contribution is -2.52. The number of amides is 3. The number of nitrogens with zero attached hydrogens (tertiary/aromatic N) is 5. The number of carbonyl (C=O) groups excluding carboxylic acids is 3. The second-order valence-corrected chi connectivity index (χ2v) is 15.6. The Balaban J connectivity index is 0.951. The summed E-state index contributed by atoms with van der Waals surface area (Å²) in [6.45, 7) is 2.73. The maximum atomic E-state index is 15.7. The Kier molecular flexibility index (Phi) is 10.2. The number of fused-ring (bicyclic) bond motifs is 1. The zero-order chi connectivity index (χ0) is 39.1. The van der Waals surface area contributed by atoms with Crippen LogP contribution >= 0.6 is 0 Å². The average molecular weight is 781 g/mol. The maximum absolute atomic E-state index is 15.7. The van der Waals surface area contributed by atoms with Crippen molar-refractivity contribution < 1.29 is 40.4 Å². The minimum Gasteiger partial charge on any atom is -0.369 e. The third-order valence-electron chi connectivity index (χ3n) is 9.86. The molecule has 3 aliphatic heterocycles. The van der Waals surface area contributed by atoms with Crippen molar-refractivity contribution in [3.63, 3.8) is 0 Å². The van der Waals surface area contributed by atoms with Crippen LogP contribution in [0.1, 0.15) is 45.5 Å². The number of anilines is 4. The van der Waals surface area contributed by atoms with E-state index in [1.54, 1.807) is 30.3 Å². The van der Waals surface area contributed by atoms with Gasteiger partial charge in [-0.3, -0.25) is 24.6 Å². The van der Waals surface area contributed by atoms with E-state index in [1.807, 2.05) is 12.1 Å². The molecule has 13 nitrogen and oxygen atoms in total. The van der Waals surface area contributed by atoms with E-state index in [0.717, 1.165) is 11.9 Å². The van der Waals surface area contributed by atoms with Crippen molar-refractivity contribution in [2.45, 2.75) is 49.6 Å². The molecule has 18 heteroatoms. The summed E-state index contributed by atoms with van der Waals surface area (Å²) in [5, 5.41) is 7.86. The van der Waals surface area contributed by atoms with Crippen molar-refractivity contribution in [2.75, 3.05) is 48.0 Å². The molecule has 3 N–H and O–H groups in total. The zero-order valence-corrected chi connectivity index (χ0v) is 30.3. The SMILES string of the molecule is CS(=O)(=O)c1cccc(CNc2nc(Nc3ccc(N4CCN(Cc5ccc6c(c5F)CN(C5CCC(=O)NC5=O)C6=O)CC4)cc3)ncc2C(F)(F)F)c1. The van der Waals surface area contributed by atoms with Crippen LogP contribution in [0.15, 0.2) is 71.8 Å². The Morgan fingerprint density at radius 3 is 2.42 bits per heavy atom. The second kappa shape index (κ2) is 14.9. The lowest BCUT2D eigenvalue weighted by Gasteiger charge is -2.36. The van der Waals surface area contributed by atoms with Crippen LogP contribution in [-0.4, -0.2) is 84.4 Å². The van der Waals surface area contributed by atoms with Gasteiger partial charge in [-0.2, -0.15) is 18.2 Å². The van der Waals surface area contributed by atoms with Gasteiger partial charge in [-0.05, 0) is 54.4 Å². The van der Waals surface area contributed by atoms with Crippen molar-refractivity contribution in [1.82, 2.24) is 25.1 Å². The molecule has 3 aromatic carbocycles. The predicted octanol–water partition coefficient (Wildman–Crippen LogP) is 4.48. The number of aromatic nitrogens is 2. The number of imide groups is 1. The van der Waals surface area contributed by atoms with Gasteiger partial charge in [0.15, 0.2) is 9.84 Å². The highest BCUT2D eigenvalue weighted by Crippen LogP contribution is 2.35. The topological polar surface area (TPSA) is 157 Å². The van der Waals surface area contributed by atoms with Crippen LogP contribution in [0, 0.1) is 5.82 Å². The van der Waals surface area contributed by atoms with Gasteiger partial charge < -0.3 is 20.4 Å². The molecule has 3 aliphatic rings. The number of sulfone groups is 1. The zero-order valence-electron chi connectivity index (χ0n) is 29.5. The van der Waals surface area contributed by atoms with Crippen molar-refractivity contribution in [3.05, 3.63) is 100 Å². The quantitative estimate of drug-likeness (QED) is 0.154. The lowest BCUT2D eigenvalue weighted by molar-refractivity contribution is -0.138. The van der Waals surface area contributed by atoms with Crippen LogP contribution < -0.4 is 20.9 Å². The molecule has 0 radical (unpaired) electrons. The van der Waals surface area contributed by atoms with Gasteiger partial charge in [0, 0.05) is 86.2 Å². The van der Waals surface area contributed by atoms with Crippen LogP contribution in [0.2, 0.25) is 0 Å². The average Bonchev–Trinajstić information content (AvgIpc) is 3.48. The summed E-state index contributed by atoms with van der Waals surface area (Å²) in [4.78, 5) is 50.6. The summed E-state index contributed by atoms with van der Waals surface area (Å²) in [5.41, 5.74) is 1.76. The van der Waals surface area contributed by atoms with Gasteiger partial charge >= 0.3 is 6.18 Å². The molecular formula is C37H36F4N8O5S. The molecule has 4 heterocycles. The van der Waals surface area contributed by atoms with E-state index in [4.69, 9.17) is 0 Å². The van der Waals surface area contributed by atoms with Crippen LogP contribution in [0.4, 0.5) is 40.7 Å². The molecule has 288 valence electrons. The number of carbonyl (C=O) groups is 3. The van der Waals surface area contributed by atoms with Gasteiger partial charge in [0.2, 0.25) is 17.8 Å². The standard InChI is InChI=1S/C37H36F4N8O5S/c1-55(53,54)26-4-2-3-22(17-26)18-42-33-29(37(39,40)41)19-43-36(46-33)44-24-6-8-25(9-7-24)48-15-13-47(14-16-48)20-23-5-10-27-28(32(23)38)21-49(35(27)52)30-11-12-31(50)45-34(30)51/h2-10,17,19,30H,11-16,18,20-21H2,1H3,(H,45,50,51)(H2,42,43,44,46). The highest BCUT2D eigenvalue weighted by Gasteiger charge is 2.41. The fourth-order valence-electron chi connectivity index (χ4n) is 6.92. The molecule has 0 bridgehead atoms. The number of halogens is 4. The number of alkyl halides is 3. The Labute approximate surface area is 313 Å². The Bertz CT molecular complexity index is 2260. The van der Waals surface area contributed by atoms with Gasteiger partial charge in [0.25, 0.3) is 5.91 Å². The monoisotopic (exact) mass is 780 g/mol. The van der Waals surface area contributed by atoms with Crippen molar-refractivity contribution in [2.24, 2.45) is 0 Å². The van der Waals surface area contributed by atoms with E-state index in [1.165, 1.54) is 23.1 Å². The largest absolute Gasteiger partial charge is 0.421 e. The van der Waals surface area contributed by atoms with Crippen molar-refractivity contribution in [3.8, 4) is 0 Å². The molecule has 0 saturated carbocycles. The Morgan fingerprint density at radius 2 is 1.73 bits per heavy atom. The number of hydrogen-bond donors (Lipinski definition) is 3. The third-order valence-corrected chi connectivity index (χ3v) is 11.0. The molecule has 2 saturated heterocycles. The first kappa shape index (κ1) is 37.7. The fraction of sp³-hybridized carbons (Fsp3) is 0.324. The predicted molar refractivity (Wildman–Crippen MR) is 194 cm³/mol. The van der Waals surface area contributed by atoms with Crippen LogP contribution in [-0.2, 0) is 45.2 Å². The van der Waals surface area contributed by atoms with E-state index in [2.05, 4.69) is 35.7 Å². The van der Waals surface area contributed by atoms with Crippen molar-refractivity contribution in [1.29, 1.82) is 0 Å². The first-order chi connectivity index (χ1) is 26.1. The van der Waals surface area contributed by atoms with Gasteiger partial charge in [-0.25, -0.2) is 17.8 Å². The number of rotatable bonds is 10. The second-order valence-electron chi connectivity index (χ2n) is 13.6. The summed E-state index contributed by atoms with van der Waals surface area (Å²) in [6.07, 6.45) is -2.69. The van der Waals surface area contributed by atoms with Crippen LogP contribution in [0.25, 0.3) is 0 Å². The molecule has 0 aliphatic carbocycles. The molecule has 0 spiro atoms. The maximum Gasteiger partial charge on any atom is 0.421 e. The van der Waals surface area contributed by atoms with Gasteiger partial charge in [-0.15, -0.1) is 0 Å². The molecule has 1 aromatic heterocycles. The first-order valence-electron chi connectivity index (χ1n) is 17.4. The Morgan fingerprint density at radius 1 is 0.982 bits per heavy atom. The van der Waals surface area contributed by atoms with E-state index >= 15 is 4.39 Å². The number of piperidine rings is 1. The van der Waals surface area contributed by atoms with Gasteiger partial charge in [0.05, 0.1) is 11.4 Å². The first-order valence-corrected chi connectivity index (χ1v) is 19.3. The molecule has 7 rings (SSSR count). The minimum absolute atomic E-state index is 0.0360. The van der Waals surface area contributed by atoms with Crippen molar-refractivity contribution >= 4 is 50.7 Å². The number of hydrogen-bond acceptors (Lipinski definition) is 11. The lowest BCUT2D eigenvalue weighted by atomic mass is 10.0. The smallest absolute Gasteiger partial charge is 0.369 e. The highest BCUT2D eigenvalue weighted by atomic mass is 32.2. The summed E-state index contributed by atoms with van der Waals surface area (Å²) in [6, 6.07) is 15.5. The normalized spacial score (nSPS) is 18.0. The van der Waals surface area contributed by atoms with Gasteiger partial charge in [-0.1, -0.05) is 18.2 Å². The summed E-state index contributed by atoms with van der Waals surface area (Å²) < 4.78 is 81.0. The van der Waals surface area contributed by atoms with E-state index in [9.17, 15) is 36.0 Å². The fourth-order valence-corrected chi connectivity index (χ4v) is 7.61. The summed E-state index contributed by atoms with van der Waals surface area (Å²) in [5.74, 6) is -2.37. The molecule has 4 aromatic rings. The van der Waals surface area contributed by atoms with E-state index in [0.29, 0.717) is 55.7 Å². The number of nitrogens with one attached hydrogen (secondary N) is 3. The summed E-state index contributed by atoms with van der Waals surface area (Å²) >= 11 is 0. The molecule has 1 unspecified atom stereocenters. The van der Waals surface area contributed by atoms with E-state index < -0.39 is 51.1 Å². The van der Waals surface area contributed by atoms with E-state index in [-0.39, 0.29) is 53.8 Å². The summed E-state index contributed by atoms with van der Waals surface area (Å²) in [7, 11) is -3.50. The molecule has 2 fully saturated rings. The Hall–Kier alpha value is -5.62. The highest BCUT2D eigenvalue weighted by molar-refractivity contribution is 7.90. The molecular weight excluding hydrogens is 745 g/mol. The molecule has 55 heavy (non-hydrogen) atoms. The third kappa shape index (κ3) is 8.24. The van der Waals surface area contributed by atoms with Crippen LogP contribution in [0.5, 0.6) is 0 Å². The van der Waals surface area contributed by atoms with Gasteiger partial charge in [0.1, 0.15) is 23.2 Å². The van der Waals surface area contributed by atoms with Crippen LogP contribution in [0.3, 0.4) is 0 Å². The minimum atomic E-state index is -4.74. The molecule has 3 amide bonds. The number of piperazine rings is 1.